The van der Waals surface area contributed by atoms with Crippen molar-refractivity contribution in [2.75, 3.05) is 19.6 Å². The van der Waals surface area contributed by atoms with Crippen LogP contribution >= 0.6 is 0 Å². The number of aromatic nitrogens is 1. The third-order valence-corrected chi connectivity index (χ3v) is 4.16. The summed E-state index contributed by atoms with van der Waals surface area (Å²) < 4.78 is 0. The molecule has 2 aliphatic rings. The second kappa shape index (κ2) is 5.15. The van der Waals surface area contributed by atoms with Gasteiger partial charge in [0.1, 0.15) is 0 Å². The number of nitrogens with zero attached hydrogens (tertiary/aromatic N) is 2. The molecule has 2 unspecified atom stereocenters. The van der Waals surface area contributed by atoms with Crippen LogP contribution in [0.4, 0.5) is 0 Å². The van der Waals surface area contributed by atoms with Crippen molar-refractivity contribution in [1.82, 2.24) is 15.2 Å². The minimum Gasteiger partial charge on any atom is -0.315 e. The summed E-state index contributed by atoms with van der Waals surface area (Å²) in [6.07, 6.45) is 9.28. The molecule has 3 nitrogen and oxygen atoms in total. The largest absolute Gasteiger partial charge is 0.315 e. The first kappa shape index (κ1) is 11.2. The molecule has 3 rings (SSSR count). The number of fused-ring (bicyclic) bond motifs is 1. The molecule has 2 atom stereocenters. The molecule has 2 fully saturated rings. The molecule has 0 amide bonds. The summed E-state index contributed by atoms with van der Waals surface area (Å²) in [7, 11) is 0. The zero-order chi connectivity index (χ0) is 11.5. The van der Waals surface area contributed by atoms with Gasteiger partial charge in [-0.05, 0) is 50.0 Å². The maximum absolute atomic E-state index is 4.13. The number of rotatable bonds is 1. The molecule has 92 valence electrons. The molecule has 1 N–H and O–H groups in total. The smallest absolute Gasteiger partial charge is 0.0476 e. The minimum atomic E-state index is 0.547. The van der Waals surface area contributed by atoms with E-state index in [4.69, 9.17) is 0 Å². The summed E-state index contributed by atoms with van der Waals surface area (Å²) in [5.74, 6) is 0. The van der Waals surface area contributed by atoms with Gasteiger partial charge >= 0.3 is 0 Å². The second-order valence-corrected chi connectivity index (χ2v) is 5.18. The fourth-order valence-corrected chi connectivity index (χ4v) is 3.26. The van der Waals surface area contributed by atoms with Crippen molar-refractivity contribution in [2.45, 2.75) is 37.8 Å². The Bertz CT molecular complexity index is 352. The van der Waals surface area contributed by atoms with Crippen LogP contribution in [0.2, 0.25) is 0 Å². The first-order valence-electron chi connectivity index (χ1n) is 6.81. The van der Waals surface area contributed by atoms with Crippen LogP contribution in [0, 0.1) is 0 Å². The molecule has 0 spiro atoms. The highest BCUT2D eigenvalue weighted by atomic mass is 15.2. The molecule has 0 aromatic carbocycles. The molecular formula is C14H21N3. The average molecular weight is 231 g/mol. The standard InChI is InChI=1S/C14H21N3/c1-2-10-17-13(3-1)6-9-16-11-14(17)12-4-7-15-8-5-12/h4-5,7-8,13-14,16H,1-3,6,9-11H2. The molecule has 17 heavy (non-hydrogen) atoms. The second-order valence-electron chi connectivity index (χ2n) is 5.18. The Morgan fingerprint density at radius 3 is 2.94 bits per heavy atom. The maximum atomic E-state index is 4.13. The van der Waals surface area contributed by atoms with Gasteiger partial charge in [0.2, 0.25) is 0 Å². The van der Waals surface area contributed by atoms with Crippen LogP contribution < -0.4 is 5.32 Å². The van der Waals surface area contributed by atoms with E-state index in [2.05, 4.69) is 27.3 Å². The summed E-state index contributed by atoms with van der Waals surface area (Å²) in [5.41, 5.74) is 1.42. The number of hydrogen-bond donors (Lipinski definition) is 1. The third-order valence-electron chi connectivity index (χ3n) is 4.16. The van der Waals surface area contributed by atoms with E-state index in [1.807, 2.05) is 12.4 Å². The van der Waals surface area contributed by atoms with Gasteiger partial charge in [-0.25, -0.2) is 0 Å². The summed E-state index contributed by atoms with van der Waals surface area (Å²) in [6, 6.07) is 5.68. The molecule has 2 saturated heterocycles. The highest BCUT2D eigenvalue weighted by Crippen LogP contribution is 2.30. The molecule has 0 bridgehead atoms. The van der Waals surface area contributed by atoms with E-state index in [0.717, 1.165) is 12.6 Å². The molecule has 0 saturated carbocycles. The van der Waals surface area contributed by atoms with Crippen molar-refractivity contribution in [1.29, 1.82) is 0 Å². The lowest BCUT2D eigenvalue weighted by Gasteiger charge is -2.39. The van der Waals surface area contributed by atoms with Gasteiger partial charge in [0, 0.05) is 31.0 Å². The zero-order valence-corrected chi connectivity index (χ0v) is 10.3. The van der Waals surface area contributed by atoms with Gasteiger partial charge in [-0.1, -0.05) is 6.42 Å². The van der Waals surface area contributed by atoms with Crippen LogP contribution in [0.15, 0.2) is 24.5 Å². The van der Waals surface area contributed by atoms with Crippen LogP contribution in [-0.2, 0) is 0 Å². The van der Waals surface area contributed by atoms with E-state index in [-0.39, 0.29) is 0 Å². The predicted molar refractivity (Wildman–Crippen MR) is 68.8 cm³/mol. The number of pyridine rings is 1. The zero-order valence-electron chi connectivity index (χ0n) is 10.3. The SMILES string of the molecule is c1cc(C2CNCCC3CCCCN32)ccn1. The van der Waals surface area contributed by atoms with Crippen LogP contribution in [0.25, 0.3) is 0 Å². The van der Waals surface area contributed by atoms with Crippen LogP contribution in [0.1, 0.15) is 37.3 Å². The monoisotopic (exact) mass is 231 g/mol. The Kier molecular flexibility index (Phi) is 3.39. The summed E-state index contributed by atoms with van der Waals surface area (Å²) in [5, 5.41) is 3.59. The van der Waals surface area contributed by atoms with E-state index in [9.17, 15) is 0 Å². The molecule has 1 aromatic rings. The van der Waals surface area contributed by atoms with Crippen molar-refractivity contribution < 1.29 is 0 Å². The Hall–Kier alpha value is -0.930. The lowest BCUT2D eigenvalue weighted by molar-refractivity contribution is 0.104. The molecule has 1 aromatic heterocycles. The van der Waals surface area contributed by atoms with E-state index >= 15 is 0 Å². The number of nitrogens with one attached hydrogen (secondary N) is 1. The first-order valence-corrected chi connectivity index (χ1v) is 6.81. The van der Waals surface area contributed by atoms with Crippen LogP contribution in [-0.4, -0.2) is 35.6 Å². The fraction of sp³-hybridized carbons (Fsp3) is 0.643. The minimum absolute atomic E-state index is 0.547. The Morgan fingerprint density at radius 2 is 2.06 bits per heavy atom. The Morgan fingerprint density at radius 1 is 1.18 bits per heavy atom. The van der Waals surface area contributed by atoms with Gasteiger partial charge in [0.15, 0.2) is 0 Å². The van der Waals surface area contributed by atoms with Crippen LogP contribution in [0.3, 0.4) is 0 Å². The number of hydrogen-bond acceptors (Lipinski definition) is 3. The van der Waals surface area contributed by atoms with Crippen molar-refractivity contribution in [3.63, 3.8) is 0 Å². The van der Waals surface area contributed by atoms with E-state index in [1.54, 1.807) is 0 Å². The topological polar surface area (TPSA) is 28.2 Å². The van der Waals surface area contributed by atoms with Gasteiger partial charge in [0.05, 0.1) is 0 Å². The van der Waals surface area contributed by atoms with E-state index in [1.165, 1.54) is 44.3 Å². The van der Waals surface area contributed by atoms with E-state index in [0.29, 0.717) is 6.04 Å². The molecule has 2 aliphatic heterocycles. The van der Waals surface area contributed by atoms with E-state index < -0.39 is 0 Å². The summed E-state index contributed by atoms with van der Waals surface area (Å²) in [4.78, 5) is 6.85. The van der Waals surface area contributed by atoms with Crippen LogP contribution in [0.5, 0.6) is 0 Å². The van der Waals surface area contributed by atoms with Crippen molar-refractivity contribution in [2.24, 2.45) is 0 Å². The molecule has 0 radical (unpaired) electrons. The fourth-order valence-electron chi connectivity index (χ4n) is 3.26. The average Bonchev–Trinajstić information content (AvgIpc) is 2.62. The quantitative estimate of drug-likeness (QED) is 0.801. The van der Waals surface area contributed by atoms with Crippen molar-refractivity contribution in [3.8, 4) is 0 Å². The normalized spacial score (nSPS) is 30.6. The van der Waals surface area contributed by atoms with Gasteiger partial charge in [-0.3, -0.25) is 9.88 Å². The molecule has 3 heteroatoms. The van der Waals surface area contributed by atoms with Gasteiger partial charge < -0.3 is 5.32 Å². The summed E-state index contributed by atoms with van der Waals surface area (Å²) >= 11 is 0. The highest BCUT2D eigenvalue weighted by Gasteiger charge is 2.31. The Balaban J connectivity index is 1.85. The van der Waals surface area contributed by atoms with Crippen molar-refractivity contribution in [3.05, 3.63) is 30.1 Å². The third kappa shape index (κ3) is 2.35. The Labute approximate surface area is 103 Å². The van der Waals surface area contributed by atoms with Crippen molar-refractivity contribution >= 4 is 0 Å². The van der Waals surface area contributed by atoms with Gasteiger partial charge in [-0.2, -0.15) is 0 Å². The lowest BCUT2D eigenvalue weighted by atomic mass is 9.96. The molecular weight excluding hydrogens is 210 g/mol. The number of piperidine rings is 1. The predicted octanol–water partition coefficient (Wildman–Crippen LogP) is 1.97. The van der Waals surface area contributed by atoms with Gasteiger partial charge in [-0.15, -0.1) is 0 Å². The highest BCUT2D eigenvalue weighted by molar-refractivity contribution is 5.17. The first-order chi connectivity index (χ1) is 8.45. The van der Waals surface area contributed by atoms with Gasteiger partial charge in [0.25, 0.3) is 0 Å². The summed E-state index contributed by atoms with van der Waals surface area (Å²) in [6.45, 7) is 3.52. The molecule has 3 heterocycles. The maximum Gasteiger partial charge on any atom is 0.0476 e. The lowest BCUT2D eigenvalue weighted by Crippen LogP contribution is -2.42. The molecule has 0 aliphatic carbocycles.